The zero-order valence-electron chi connectivity index (χ0n) is 24.8. The molecule has 9 nitrogen and oxygen atoms in total. The molecule has 1 unspecified atom stereocenters. The standard InChI is InChI=1S/C32H42F2N6O3/c1-17(2)40-25(13-14-36-40)30(41)39-29(27(18-3-4-18)19-5-6-19)32(43)37-22-10-11-23-21(15-22)9-12-24(23)38-31(42)28(20-7-8-20)35-16-26(33)34/h10-11,13-15,17-20,24,26-29,35H,3-9,12,16H2,1-2H3,(H,37,43)(H,38,42)(H,39,41)/t24-,28?,29+/m1/s1. The molecule has 3 fully saturated rings. The van der Waals surface area contributed by atoms with Crippen LogP contribution in [0.15, 0.2) is 30.5 Å². The van der Waals surface area contributed by atoms with Gasteiger partial charge in [-0.25, -0.2) is 8.78 Å². The van der Waals surface area contributed by atoms with Crippen LogP contribution in [0.4, 0.5) is 14.5 Å². The summed E-state index contributed by atoms with van der Waals surface area (Å²) >= 11 is 0. The molecule has 1 aromatic heterocycles. The van der Waals surface area contributed by atoms with Gasteiger partial charge in [-0.1, -0.05) is 6.07 Å². The third-order valence-electron chi connectivity index (χ3n) is 9.35. The first-order chi connectivity index (χ1) is 20.7. The Morgan fingerprint density at radius 2 is 1.65 bits per heavy atom. The van der Waals surface area contributed by atoms with Crippen molar-refractivity contribution >= 4 is 23.4 Å². The van der Waals surface area contributed by atoms with Gasteiger partial charge < -0.3 is 21.3 Å². The molecule has 4 aliphatic rings. The van der Waals surface area contributed by atoms with E-state index in [9.17, 15) is 23.2 Å². The van der Waals surface area contributed by atoms with Crippen LogP contribution >= 0.6 is 0 Å². The Morgan fingerprint density at radius 1 is 0.953 bits per heavy atom. The van der Waals surface area contributed by atoms with Crippen molar-refractivity contribution in [1.82, 2.24) is 25.7 Å². The summed E-state index contributed by atoms with van der Waals surface area (Å²) in [5.74, 6) is 0.348. The topological polar surface area (TPSA) is 117 Å². The normalized spacial score (nSPS) is 21.1. The summed E-state index contributed by atoms with van der Waals surface area (Å²) in [6.07, 6.45) is 6.59. The maximum Gasteiger partial charge on any atom is 0.270 e. The lowest BCUT2D eigenvalue weighted by Gasteiger charge is -2.28. The molecular formula is C32H42F2N6O3. The summed E-state index contributed by atoms with van der Waals surface area (Å²) < 4.78 is 27.2. The number of halogens is 2. The molecule has 3 amide bonds. The van der Waals surface area contributed by atoms with Crippen molar-refractivity contribution in [2.45, 2.75) is 95.8 Å². The number of anilines is 1. The summed E-state index contributed by atoms with van der Waals surface area (Å²) in [6, 6.07) is 5.96. The summed E-state index contributed by atoms with van der Waals surface area (Å²) in [4.78, 5) is 40.2. The number of amides is 3. The summed E-state index contributed by atoms with van der Waals surface area (Å²) in [7, 11) is 0. The molecule has 6 rings (SSSR count). The fourth-order valence-corrected chi connectivity index (χ4v) is 6.79. The fourth-order valence-electron chi connectivity index (χ4n) is 6.79. The lowest BCUT2D eigenvalue weighted by molar-refractivity contribution is -0.124. The van der Waals surface area contributed by atoms with E-state index in [1.54, 1.807) is 16.9 Å². The van der Waals surface area contributed by atoms with Gasteiger partial charge in [0.05, 0.1) is 18.6 Å². The predicted octanol–water partition coefficient (Wildman–Crippen LogP) is 4.37. The van der Waals surface area contributed by atoms with E-state index >= 15 is 0 Å². The number of carbonyl (C=O) groups excluding carboxylic acids is 3. The molecule has 4 N–H and O–H groups in total. The number of hydrogen-bond acceptors (Lipinski definition) is 5. The zero-order valence-corrected chi connectivity index (χ0v) is 24.8. The molecule has 43 heavy (non-hydrogen) atoms. The minimum absolute atomic E-state index is 0.0132. The van der Waals surface area contributed by atoms with Crippen LogP contribution in [0.1, 0.15) is 92.5 Å². The molecule has 232 valence electrons. The third-order valence-corrected chi connectivity index (χ3v) is 9.35. The van der Waals surface area contributed by atoms with Gasteiger partial charge in [0.1, 0.15) is 11.7 Å². The highest BCUT2D eigenvalue weighted by molar-refractivity contribution is 6.01. The van der Waals surface area contributed by atoms with Gasteiger partial charge in [0.2, 0.25) is 11.8 Å². The second-order valence-corrected chi connectivity index (χ2v) is 13.1. The highest BCUT2D eigenvalue weighted by Crippen LogP contribution is 2.51. The quantitative estimate of drug-likeness (QED) is 0.258. The van der Waals surface area contributed by atoms with Crippen LogP contribution < -0.4 is 21.3 Å². The van der Waals surface area contributed by atoms with E-state index in [0.29, 0.717) is 29.6 Å². The van der Waals surface area contributed by atoms with Crippen LogP contribution in [0.2, 0.25) is 0 Å². The number of carbonyl (C=O) groups is 3. The van der Waals surface area contributed by atoms with Gasteiger partial charge in [-0.15, -0.1) is 0 Å². The lowest BCUT2D eigenvalue weighted by atomic mass is 9.88. The molecule has 0 radical (unpaired) electrons. The van der Waals surface area contributed by atoms with Gasteiger partial charge in [-0.05, 0) is 118 Å². The number of benzene rings is 1. The van der Waals surface area contributed by atoms with Gasteiger partial charge in [0, 0.05) is 17.9 Å². The predicted molar refractivity (Wildman–Crippen MR) is 158 cm³/mol. The van der Waals surface area contributed by atoms with Crippen molar-refractivity contribution in [2.75, 3.05) is 11.9 Å². The molecule has 11 heteroatoms. The van der Waals surface area contributed by atoms with Gasteiger partial charge in [-0.3, -0.25) is 19.1 Å². The minimum Gasteiger partial charge on any atom is -0.348 e. The maximum absolute atomic E-state index is 13.8. The van der Waals surface area contributed by atoms with Crippen LogP contribution in [0.5, 0.6) is 0 Å². The molecule has 1 heterocycles. The van der Waals surface area contributed by atoms with Crippen LogP contribution in [0, 0.1) is 23.7 Å². The number of alkyl halides is 2. The second kappa shape index (κ2) is 12.3. The highest BCUT2D eigenvalue weighted by Gasteiger charge is 2.48. The summed E-state index contributed by atoms with van der Waals surface area (Å²) in [5, 5.41) is 16.3. The number of hydrogen-bond donors (Lipinski definition) is 4. The molecule has 1 aromatic carbocycles. The minimum atomic E-state index is -2.50. The molecule has 0 aliphatic heterocycles. The van der Waals surface area contributed by atoms with Crippen LogP contribution in [0.3, 0.4) is 0 Å². The molecule has 0 saturated heterocycles. The average molecular weight is 597 g/mol. The largest absolute Gasteiger partial charge is 0.348 e. The first-order valence-electron chi connectivity index (χ1n) is 15.8. The summed E-state index contributed by atoms with van der Waals surface area (Å²) in [5.41, 5.74) is 3.11. The maximum atomic E-state index is 13.8. The first kappa shape index (κ1) is 29.7. The van der Waals surface area contributed by atoms with Crippen LogP contribution in [-0.4, -0.2) is 52.6 Å². The van der Waals surface area contributed by atoms with Crippen molar-refractivity contribution in [3.05, 3.63) is 47.3 Å². The molecule has 4 aliphatic carbocycles. The molecule has 3 atom stereocenters. The number of nitrogens with one attached hydrogen (secondary N) is 4. The van der Waals surface area contributed by atoms with E-state index in [1.165, 1.54) is 0 Å². The van der Waals surface area contributed by atoms with Crippen molar-refractivity contribution in [1.29, 1.82) is 0 Å². The first-order valence-corrected chi connectivity index (χ1v) is 15.8. The van der Waals surface area contributed by atoms with Gasteiger partial charge in [0.15, 0.2) is 0 Å². The van der Waals surface area contributed by atoms with Crippen LogP contribution in [-0.2, 0) is 16.0 Å². The summed E-state index contributed by atoms with van der Waals surface area (Å²) in [6.45, 7) is 3.43. The lowest BCUT2D eigenvalue weighted by Crippen LogP contribution is -2.50. The van der Waals surface area contributed by atoms with Gasteiger partial charge >= 0.3 is 0 Å². The molecule has 0 spiro atoms. The van der Waals surface area contributed by atoms with Crippen molar-refractivity contribution < 1.29 is 23.2 Å². The molecular weight excluding hydrogens is 554 g/mol. The van der Waals surface area contributed by atoms with E-state index in [4.69, 9.17) is 0 Å². The van der Waals surface area contributed by atoms with E-state index < -0.39 is 25.1 Å². The Bertz CT molecular complexity index is 1340. The molecule has 0 bridgehead atoms. The smallest absolute Gasteiger partial charge is 0.270 e. The second-order valence-electron chi connectivity index (χ2n) is 13.1. The van der Waals surface area contributed by atoms with E-state index in [-0.39, 0.29) is 41.6 Å². The number of rotatable bonds is 14. The van der Waals surface area contributed by atoms with Crippen molar-refractivity contribution in [2.24, 2.45) is 23.7 Å². The zero-order chi connectivity index (χ0) is 30.2. The van der Waals surface area contributed by atoms with Gasteiger partial charge in [0.25, 0.3) is 12.3 Å². The van der Waals surface area contributed by atoms with E-state index in [2.05, 4.69) is 26.4 Å². The third kappa shape index (κ3) is 6.92. The molecule has 2 aromatic rings. The Balaban J connectivity index is 1.14. The van der Waals surface area contributed by atoms with E-state index in [0.717, 1.165) is 56.1 Å². The Kier molecular flexibility index (Phi) is 8.53. The molecule has 3 saturated carbocycles. The number of nitrogens with zero attached hydrogens (tertiary/aromatic N) is 2. The van der Waals surface area contributed by atoms with E-state index in [1.807, 2.05) is 32.0 Å². The van der Waals surface area contributed by atoms with Crippen molar-refractivity contribution in [3.63, 3.8) is 0 Å². The monoisotopic (exact) mass is 596 g/mol. The number of aromatic nitrogens is 2. The van der Waals surface area contributed by atoms with Crippen LogP contribution in [0.25, 0.3) is 0 Å². The Morgan fingerprint density at radius 3 is 2.28 bits per heavy atom. The number of fused-ring (bicyclic) bond motifs is 1. The average Bonchev–Trinajstić information content (AvgIpc) is 3.88. The van der Waals surface area contributed by atoms with Crippen molar-refractivity contribution in [3.8, 4) is 0 Å². The Labute approximate surface area is 250 Å². The highest BCUT2D eigenvalue weighted by atomic mass is 19.3. The fraction of sp³-hybridized carbons (Fsp3) is 0.625. The SMILES string of the molecule is CC(C)n1nccc1C(=O)N[C@H](C(=O)Nc1ccc2c(c1)CC[C@H]2NC(=O)C(NCC(F)F)C1CC1)C(C1CC1)C1CC1. The number of aryl methyl sites for hydroxylation is 1. The van der Waals surface area contributed by atoms with Gasteiger partial charge in [-0.2, -0.15) is 5.10 Å². The Hall–Kier alpha value is -3.34.